The number of ether oxygens (including phenoxy) is 1. The molecular formula is C34H45Cl2N3O3. The lowest BCUT2D eigenvalue weighted by Gasteiger charge is -2.26. The molecule has 1 atom stereocenters. The highest BCUT2D eigenvalue weighted by molar-refractivity contribution is 6.38. The summed E-state index contributed by atoms with van der Waals surface area (Å²) in [6, 6.07) is 22.0. The van der Waals surface area contributed by atoms with Gasteiger partial charge in [0.05, 0.1) is 28.3 Å². The first kappa shape index (κ1) is 33.9. The Balaban J connectivity index is 1.32. The molecule has 3 aromatic carbocycles. The summed E-state index contributed by atoms with van der Waals surface area (Å²) in [5.74, 6) is 0.120. The van der Waals surface area contributed by atoms with E-state index in [4.69, 9.17) is 33.7 Å². The van der Waals surface area contributed by atoms with E-state index in [2.05, 4.69) is 41.3 Å². The minimum Gasteiger partial charge on any atom is -0.396 e. The van der Waals surface area contributed by atoms with Gasteiger partial charge in [-0.3, -0.25) is 9.69 Å². The number of halogens is 2. The van der Waals surface area contributed by atoms with Crippen LogP contribution in [0.1, 0.15) is 60.5 Å². The van der Waals surface area contributed by atoms with Crippen LogP contribution in [0.15, 0.2) is 66.7 Å². The molecule has 0 aliphatic heterocycles. The number of benzene rings is 3. The van der Waals surface area contributed by atoms with Crippen molar-refractivity contribution >= 4 is 34.8 Å². The Morgan fingerprint density at radius 1 is 0.857 bits per heavy atom. The van der Waals surface area contributed by atoms with Gasteiger partial charge in [0.25, 0.3) is 0 Å². The normalized spacial score (nSPS) is 12.0. The Labute approximate surface area is 261 Å². The van der Waals surface area contributed by atoms with Crippen molar-refractivity contribution in [3.63, 3.8) is 0 Å². The van der Waals surface area contributed by atoms with E-state index in [0.29, 0.717) is 34.3 Å². The second-order valence-electron chi connectivity index (χ2n) is 11.0. The first-order valence-electron chi connectivity index (χ1n) is 14.8. The van der Waals surface area contributed by atoms with Crippen molar-refractivity contribution in [3.05, 3.63) is 99.0 Å². The van der Waals surface area contributed by atoms with E-state index in [1.807, 2.05) is 18.2 Å². The number of nitrogens with two attached hydrogens (primary N) is 1. The molecule has 6 nitrogen and oxygen atoms in total. The predicted molar refractivity (Wildman–Crippen MR) is 174 cm³/mol. The summed E-state index contributed by atoms with van der Waals surface area (Å²) in [5.41, 5.74) is 10.4. The number of aryl methyl sites for hydroxylation is 1. The molecule has 0 aliphatic carbocycles. The molecule has 8 heteroatoms. The van der Waals surface area contributed by atoms with Gasteiger partial charge in [-0.2, -0.15) is 0 Å². The van der Waals surface area contributed by atoms with Crippen LogP contribution in [0.5, 0.6) is 0 Å². The van der Waals surface area contributed by atoms with Crippen LogP contribution in [0.25, 0.3) is 0 Å². The number of carbonyl (C=O) groups excluding carboxylic acids is 1. The fourth-order valence-corrected chi connectivity index (χ4v) is 5.23. The molecule has 3 N–H and O–H groups in total. The standard InChI is InChI=1S/C34H45Cl2N3O3/c1-38(2)33(41)21-27-16-14-26(15-17-27)11-7-10-20-42-19-9-4-8-18-39(24-28-12-5-3-6-13-28)25-32(40)29-22-30(35)34(37)31(36)23-29/h3,5-6,12-17,22-23,32,40H,4,7-11,18-21,24-25,37H2,1-2H3. The van der Waals surface area contributed by atoms with Crippen molar-refractivity contribution in [1.82, 2.24) is 9.80 Å². The lowest BCUT2D eigenvalue weighted by molar-refractivity contribution is -0.127. The molecule has 0 aliphatic rings. The van der Waals surface area contributed by atoms with Crippen LogP contribution in [0.3, 0.4) is 0 Å². The molecule has 0 spiro atoms. The quantitative estimate of drug-likeness (QED) is 0.120. The zero-order valence-electron chi connectivity index (χ0n) is 24.9. The average molecular weight is 615 g/mol. The predicted octanol–water partition coefficient (Wildman–Crippen LogP) is 6.95. The summed E-state index contributed by atoms with van der Waals surface area (Å²) in [6.07, 6.45) is 5.94. The van der Waals surface area contributed by atoms with Gasteiger partial charge in [-0.1, -0.05) is 77.8 Å². The molecule has 0 fully saturated rings. The maximum Gasteiger partial charge on any atom is 0.226 e. The molecule has 1 unspecified atom stereocenters. The second-order valence-corrected chi connectivity index (χ2v) is 11.9. The SMILES string of the molecule is CN(C)C(=O)Cc1ccc(CCCCOCCCCCN(Cc2ccccc2)CC(O)c2cc(Cl)c(N)c(Cl)c2)cc1. The topological polar surface area (TPSA) is 79.0 Å². The van der Waals surface area contributed by atoms with Crippen LogP contribution in [0.4, 0.5) is 5.69 Å². The van der Waals surface area contributed by atoms with Crippen molar-refractivity contribution in [2.75, 3.05) is 46.1 Å². The molecule has 0 heterocycles. The molecule has 3 aromatic rings. The summed E-state index contributed by atoms with van der Waals surface area (Å²) in [7, 11) is 3.57. The van der Waals surface area contributed by atoms with Crippen molar-refractivity contribution in [2.24, 2.45) is 0 Å². The number of aliphatic hydroxyl groups is 1. The third-order valence-corrected chi connectivity index (χ3v) is 7.94. The number of nitrogens with zero attached hydrogens (tertiary/aromatic N) is 2. The number of hydrogen-bond acceptors (Lipinski definition) is 5. The van der Waals surface area contributed by atoms with E-state index >= 15 is 0 Å². The molecule has 3 rings (SSSR count). The van der Waals surface area contributed by atoms with Crippen LogP contribution in [-0.4, -0.2) is 61.2 Å². The molecule has 228 valence electrons. The number of amides is 1. The maximum atomic E-state index is 11.9. The molecule has 0 aromatic heterocycles. The molecule has 0 saturated heterocycles. The maximum absolute atomic E-state index is 11.9. The molecule has 1 amide bonds. The zero-order chi connectivity index (χ0) is 30.3. The van der Waals surface area contributed by atoms with Gasteiger partial charge in [0.1, 0.15) is 0 Å². The second kappa shape index (κ2) is 18.1. The number of aliphatic hydroxyl groups excluding tert-OH is 1. The number of rotatable bonds is 18. The van der Waals surface area contributed by atoms with Gasteiger partial charge in [0.2, 0.25) is 5.91 Å². The number of unbranched alkanes of at least 4 members (excludes halogenated alkanes) is 3. The van der Waals surface area contributed by atoms with Gasteiger partial charge in [0.15, 0.2) is 0 Å². The van der Waals surface area contributed by atoms with E-state index in [9.17, 15) is 9.90 Å². The van der Waals surface area contributed by atoms with Crippen molar-refractivity contribution in [3.8, 4) is 0 Å². The Morgan fingerprint density at radius 2 is 1.48 bits per heavy atom. The summed E-state index contributed by atoms with van der Waals surface area (Å²) >= 11 is 12.4. The first-order valence-corrected chi connectivity index (χ1v) is 15.5. The number of anilines is 1. The largest absolute Gasteiger partial charge is 0.396 e. The highest BCUT2D eigenvalue weighted by Gasteiger charge is 2.17. The summed E-state index contributed by atoms with van der Waals surface area (Å²) < 4.78 is 5.88. The van der Waals surface area contributed by atoms with Gasteiger partial charge < -0.3 is 20.5 Å². The highest BCUT2D eigenvalue weighted by Crippen LogP contribution is 2.31. The minimum absolute atomic E-state index is 0.120. The Hall–Kier alpha value is -2.61. The lowest BCUT2D eigenvalue weighted by Crippen LogP contribution is -2.29. The summed E-state index contributed by atoms with van der Waals surface area (Å²) in [5, 5.41) is 11.7. The fraction of sp³-hybridized carbons (Fsp3) is 0.441. The third-order valence-electron chi connectivity index (χ3n) is 7.31. The molecule has 0 radical (unpaired) electrons. The van der Waals surface area contributed by atoms with Crippen LogP contribution >= 0.6 is 23.2 Å². The number of likely N-dealkylation sites (N-methyl/N-ethyl adjacent to an activating group) is 1. The van der Waals surface area contributed by atoms with Crippen LogP contribution in [0, 0.1) is 0 Å². The van der Waals surface area contributed by atoms with E-state index in [1.165, 1.54) is 11.1 Å². The van der Waals surface area contributed by atoms with Gasteiger partial charge in [0, 0.05) is 40.4 Å². The zero-order valence-corrected chi connectivity index (χ0v) is 26.4. The van der Waals surface area contributed by atoms with Gasteiger partial charge in [-0.05, 0) is 79.5 Å². The van der Waals surface area contributed by atoms with Crippen LogP contribution < -0.4 is 5.73 Å². The lowest BCUT2D eigenvalue weighted by atomic mass is 10.0. The smallest absolute Gasteiger partial charge is 0.226 e. The number of nitrogen functional groups attached to an aromatic ring is 1. The highest BCUT2D eigenvalue weighted by atomic mass is 35.5. The van der Waals surface area contributed by atoms with E-state index in [-0.39, 0.29) is 5.91 Å². The molecule has 42 heavy (non-hydrogen) atoms. The fourth-order valence-electron chi connectivity index (χ4n) is 4.73. The van der Waals surface area contributed by atoms with Gasteiger partial charge in [-0.25, -0.2) is 0 Å². The van der Waals surface area contributed by atoms with Gasteiger partial charge >= 0.3 is 0 Å². The van der Waals surface area contributed by atoms with E-state index in [0.717, 1.165) is 70.4 Å². The summed E-state index contributed by atoms with van der Waals surface area (Å²) in [6.45, 7) is 3.62. The Morgan fingerprint density at radius 3 is 2.12 bits per heavy atom. The first-order chi connectivity index (χ1) is 20.2. The number of hydrogen-bond donors (Lipinski definition) is 2. The van der Waals surface area contributed by atoms with E-state index < -0.39 is 6.10 Å². The third kappa shape index (κ3) is 11.9. The van der Waals surface area contributed by atoms with Crippen molar-refractivity contribution < 1.29 is 14.6 Å². The summed E-state index contributed by atoms with van der Waals surface area (Å²) in [4.78, 5) is 15.7. The van der Waals surface area contributed by atoms with Crippen molar-refractivity contribution in [1.29, 1.82) is 0 Å². The number of carbonyl (C=O) groups is 1. The Kier molecular flexibility index (Phi) is 14.6. The van der Waals surface area contributed by atoms with Crippen LogP contribution in [0.2, 0.25) is 10.0 Å². The minimum atomic E-state index is -0.724. The average Bonchev–Trinajstić information content (AvgIpc) is 2.97. The van der Waals surface area contributed by atoms with Crippen LogP contribution in [-0.2, 0) is 28.9 Å². The van der Waals surface area contributed by atoms with Crippen molar-refractivity contribution in [2.45, 2.75) is 57.6 Å². The monoisotopic (exact) mass is 613 g/mol. The Bertz CT molecular complexity index is 1200. The van der Waals surface area contributed by atoms with Gasteiger partial charge in [-0.15, -0.1) is 0 Å². The molecule has 0 bridgehead atoms. The molecule has 0 saturated carbocycles. The van der Waals surface area contributed by atoms with E-state index in [1.54, 1.807) is 31.1 Å². The molecular weight excluding hydrogens is 569 g/mol.